The minimum Gasteiger partial charge on any atom is -0.353 e. The van der Waals surface area contributed by atoms with Gasteiger partial charge >= 0.3 is 0 Å². The van der Waals surface area contributed by atoms with Crippen molar-refractivity contribution in [1.29, 1.82) is 0 Å². The molecule has 0 spiro atoms. The minimum absolute atomic E-state index is 0.0893. The monoisotopic (exact) mass is 329 g/mol. The van der Waals surface area contributed by atoms with Crippen LogP contribution in [0.5, 0.6) is 0 Å². The third kappa shape index (κ3) is 3.35. The summed E-state index contributed by atoms with van der Waals surface area (Å²) in [7, 11) is 0. The first-order valence-corrected chi connectivity index (χ1v) is 8.65. The third-order valence-corrected chi connectivity index (χ3v) is 5.09. The summed E-state index contributed by atoms with van der Waals surface area (Å²) in [5.74, 6) is 0.308. The second-order valence-electron chi connectivity index (χ2n) is 4.98. The van der Waals surface area contributed by atoms with Gasteiger partial charge in [-0.1, -0.05) is 15.9 Å². The maximum atomic E-state index is 12.3. The average molecular weight is 330 g/mol. The fourth-order valence-corrected chi connectivity index (χ4v) is 3.87. The van der Waals surface area contributed by atoms with E-state index >= 15 is 0 Å². The first kappa shape index (κ1) is 14.1. The molecule has 0 aromatic carbocycles. The van der Waals surface area contributed by atoms with Crippen LogP contribution in [-0.2, 0) is 11.2 Å². The molecule has 0 saturated carbocycles. The zero-order valence-electron chi connectivity index (χ0n) is 10.7. The summed E-state index contributed by atoms with van der Waals surface area (Å²) in [5, 5.41) is 6.28. The Hall–Kier alpha value is -0.350. The van der Waals surface area contributed by atoms with Gasteiger partial charge in [-0.2, -0.15) is 0 Å². The summed E-state index contributed by atoms with van der Waals surface area (Å²) in [6, 6.07) is 2.41. The van der Waals surface area contributed by atoms with E-state index < -0.39 is 0 Å². The van der Waals surface area contributed by atoms with Crippen molar-refractivity contribution in [2.24, 2.45) is 0 Å². The van der Waals surface area contributed by atoms with Gasteiger partial charge in [-0.25, -0.2) is 0 Å². The van der Waals surface area contributed by atoms with Gasteiger partial charge in [0.2, 0.25) is 5.91 Å². The second kappa shape index (κ2) is 6.71. The smallest absolute Gasteiger partial charge is 0.227 e. The molecule has 0 bridgehead atoms. The van der Waals surface area contributed by atoms with Crippen LogP contribution in [0.4, 0.5) is 0 Å². The highest BCUT2D eigenvalue weighted by molar-refractivity contribution is 9.09. The molecule has 1 aromatic heterocycles. The summed E-state index contributed by atoms with van der Waals surface area (Å²) < 4.78 is 0. The van der Waals surface area contributed by atoms with E-state index in [1.807, 2.05) is 0 Å². The lowest BCUT2D eigenvalue weighted by Crippen LogP contribution is -2.37. The van der Waals surface area contributed by atoms with Gasteiger partial charge in [0, 0.05) is 16.2 Å². The molecule has 1 N–H and O–H groups in total. The van der Waals surface area contributed by atoms with Crippen LogP contribution >= 0.6 is 27.3 Å². The van der Waals surface area contributed by atoms with Crippen LogP contribution in [0, 0.1) is 0 Å². The van der Waals surface area contributed by atoms with Gasteiger partial charge < -0.3 is 5.32 Å². The number of thiophene rings is 1. The molecule has 4 heteroatoms. The number of rotatable bonds is 5. The van der Waals surface area contributed by atoms with Crippen molar-refractivity contribution in [3.63, 3.8) is 0 Å². The van der Waals surface area contributed by atoms with Crippen molar-refractivity contribution >= 4 is 33.2 Å². The number of alkyl halides is 1. The molecule has 1 aromatic rings. The first-order valence-electron chi connectivity index (χ1n) is 6.65. The number of aryl methyl sites for hydroxylation is 1. The van der Waals surface area contributed by atoms with Crippen LogP contribution in [0.1, 0.15) is 49.0 Å². The molecule has 0 radical (unpaired) electrons. The highest BCUT2D eigenvalue weighted by Gasteiger charge is 2.27. The number of fused-ring (bicyclic) bond motifs is 1. The number of halogens is 1. The van der Waals surface area contributed by atoms with Crippen LogP contribution in [0.15, 0.2) is 11.4 Å². The quantitative estimate of drug-likeness (QED) is 0.817. The van der Waals surface area contributed by atoms with E-state index in [1.165, 1.54) is 10.4 Å². The van der Waals surface area contributed by atoms with Crippen molar-refractivity contribution in [1.82, 2.24) is 5.32 Å². The van der Waals surface area contributed by atoms with E-state index in [4.69, 9.17) is 0 Å². The average Bonchev–Trinajstić information content (AvgIpc) is 2.84. The van der Waals surface area contributed by atoms with Crippen molar-refractivity contribution < 1.29 is 4.79 Å². The third-order valence-electron chi connectivity index (χ3n) is 3.53. The molecule has 100 valence electrons. The molecule has 2 rings (SSSR count). The summed E-state index contributed by atoms with van der Waals surface area (Å²) in [6.07, 6.45) is 5.44. The number of carbonyl (C=O) groups is 1. The topological polar surface area (TPSA) is 29.1 Å². The van der Waals surface area contributed by atoms with Gasteiger partial charge in [-0.15, -0.1) is 11.3 Å². The van der Waals surface area contributed by atoms with Crippen LogP contribution in [0.2, 0.25) is 0 Å². The highest BCUT2D eigenvalue weighted by atomic mass is 79.9. The lowest BCUT2D eigenvalue weighted by Gasteiger charge is -2.24. The SMILES string of the molecule is CC(CCCBr)NC(=O)C1CCCc2sccc21. The maximum Gasteiger partial charge on any atom is 0.227 e. The number of hydrogen-bond donors (Lipinski definition) is 1. The van der Waals surface area contributed by atoms with Gasteiger partial charge in [0.25, 0.3) is 0 Å². The largest absolute Gasteiger partial charge is 0.353 e. The normalized spacial score (nSPS) is 20.2. The van der Waals surface area contributed by atoms with Crippen LogP contribution in [0.25, 0.3) is 0 Å². The zero-order valence-corrected chi connectivity index (χ0v) is 13.1. The predicted molar refractivity (Wildman–Crippen MR) is 80.6 cm³/mol. The Morgan fingerprint density at radius 1 is 1.67 bits per heavy atom. The van der Waals surface area contributed by atoms with E-state index in [2.05, 4.69) is 39.6 Å². The lowest BCUT2D eigenvalue weighted by atomic mass is 9.87. The highest BCUT2D eigenvalue weighted by Crippen LogP contribution is 2.35. The van der Waals surface area contributed by atoms with Gasteiger partial charge in [0.1, 0.15) is 0 Å². The second-order valence-corrected chi connectivity index (χ2v) is 6.78. The number of hydrogen-bond acceptors (Lipinski definition) is 2. The summed E-state index contributed by atoms with van der Waals surface area (Å²) in [4.78, 5) is 13.7. The Kier molecular flexibility index (Phi) is 5.25. The molecule has 0 fully saturated rings. The lowest BCUT2D eigenvalue weighted by molar-refractivity contribution is -0.123. The van der Waals surface area contributed by atoms with Crippen LogP contribution < -0.4 is 5.32 Å². The molecule has 1 aliphatic carbocycles. The van der Waals surface area contributed by atoms with E-state index in [0.29, 0.717) is 0 Å². The Balaban J connectivity index is 1.94. The molecule has 1 heterocycles. The number of amides is 1. The fraction of sp³-hybridized carbons (Fsp3) is 0.643. The molecule has 1 amide bonds. The summed E-state index contributed by atoms with van der Waals surface area (Å²) >= 11 is 5.22. The van der Waals surface area contributed by atoms with Gasteiger partial charge in [0.05, 0.1) is 5.92 Å². The van der Waals surface area contributed by atoms with E-state index in [1.54, 1.807) is 11.3 Å². The Bertz CT molecular complexity index is 404. The van der Waals surface area contributed by atoms with E-state index in [0.717, 1.165) is 37.4 Å². The molecule has 0 aliphatic heterocycles. The predicted octanol–water partition coefficient (Wildman–Crippen LogP) is 3.85. The standard InChI is InChI=1S/C14H20BrNOS/c1-10(4-3-8-15)16-14(17)12-5-2-6-13-11(12)7-9-18-13/h7,9-10,12H,2-6,8H2,1H3,(H,16,17). The van der Waals surface area contributed by atoms with Crippen molar-refractivity contribution in [2.75, 3.05) is 5.33 Å². The Morgan fingerprint density at radius 3 is 3.28 bits per heavy atom. The van der Waals surface area contributed by atoms with Gasteiger partial charge in [0.15, 0.2) is 0 Å². The minimum atomic E-state index is 0.0893. The molecule has 2 atom stereocenters. The summed E-state index contributed by atoms with van der Waals surface area (Å²) in [6.45, 7) is 2.10. The molecule has 18 heavy (non-hydrogen) atoms. The van der Waals surface area contributed by atoms with Crippen LogP contribution in [0.3, 0.4) is 0 Å². The molecular weight excluding hydrogens is 310 g/mol. The molecule has 2 nitrogen and oxygen atoms in total. The Morgan fingerprint density at radius 2 is 2.50 bits per heavy atom. The van der Waals surface area contributed by atoms with E-state index in [-0.39, 0.29) is 17.9 Å². The van der Waals surface area contributed by atoms with Gasteiger partial charge in [-0.3, -0.25) is 4.79 Å². The molecule has 2 unspecified atom stereocenters. The molecule has 0 saturated heterocycles. The zero-order chi connectivity index (χ0) is 13.0. The Labute approximate surface area is 121 Å². The first-order chi connectivity index (χ1) is 8.72. The molecule has 1 aliphatic rings. The van der Waals surface area contributed by atoms with Crippen LogP contribution in [-0.4, -0.2) is 17.3 Å². The van der Waals surface area contributed by atoms with Gasteiger partial charge in [-0.05, 0) is 56.0 Å². The number of nitrogens with one attached hydrogen (secondary N) is 1. The van der Waals surface area contributed by atoms with Crippen molar-refractivity contribution in [2.45, 2.75) is 51.0 Å². The van der Waals surface area contributed by atoms with E-state index in [9.17, 15) is 4.79 Å². The van der Waals surface area contributed by atoms with Crippen molar-refractivity contribution in [3.8, 4) is 0 Å². The van der Waals surface area contributed by atoms with Crippen molar-refractivity contribution in [3.05, 3.63) is 21.9 Å². The summed E-state index contributed by atoms with van der Waals surface area (Å²) in [5.41, 5.74) is 1.27. The number of carbonyl (C=O) groups excluding carboxylic acids is 1. The maximum absolute atomic E-state index is 12.3. The molecular formula is C14H20BrNOS. The fourth-order valence-electron chi connectivity index (χ4n) is 2.56.